The molecule has 0 saturated heterocycles. The summed E-state index contributed by atoms with van der Waals surface area (Å²) >= 11 is -2.38. The van der Waals surface area contributed by atoms with Gasteiger partial charge in [0.15, 0.2) is 0 Å². The number of rotatable bonds is 5. The Morgan fingerprint density at radius 3 is 2.47 bits per heavy atom. The maximum Gasteiger partial charge on any atom is 0.433 e. The van der Waals surface area contributed by atoms with Gasteiger partial charge in [0.25, 0.3) is 0 Å². The van der Waals surface area contributed by atoms with Crippen LogP contribution in [0.1, 0.15) is 33.5 Å². The van der Waals surface area contributed by atoms with Crippen LogP contribution < -0.4 is 5.73 Å². The first kappa shape index (κ1) is 25.6. The molecule has 0 saturated carbocycles. The summed E-state index contributed by atoms with van der Waals surface area (Å²) in [6.07, 6.45) is -1.11. The molecule has 1 aliphatic heterocycles. The highest BCUT2D eigenvalue weighted by Gasteiger charge is 2.47. The number of amidine groups is 1. The van der Waals surface area contributed by atoms with E-state index in [1.54, 1.807) is 6.07 Å². The van der Waals surface area contributed by atoms with Crippen molar-refractivity contribution in [2.75, 3.05) is 0 Å². The van der Waals surface area contributed by atoms with Gasteiger partial charge in [-0.05, 0) is 53.1 Å². The van der Waals surface area contributed by atoms with Crippen LogP contribution >= 0.6 is 0 Å². The average Bonchev–Trinajstić information content (AvgIpc) is 3.18. The molecule has 2 aromatic carbocycles. The second kappa shape index (κ2) is 9.37. The lowest BCUT2D eigenvalue weighted by Gasteiger charge is -2.30. The molecule has 0 radical (unpaired) electrons. The predicted molar refractivity (Wildman–Crippen MR) is 129 cm³/mol. The minimum absolute atomic E-state index is 0.0546. The van der Waals surface area contributed by atoms with E-state index in [-0.39, 0.29) is 33.8 Å². The molecular weight excluding hydrogens is 527 g/mol. The normalized spacial score (nSPS) is 17.7. The minimum Gasteiger partial charge on any atom is -0.772 e. The molecule has 0 spiro atoms. The largest absolute Gasteiger partial charge is 0.772 e. The Morgan fingerprint density at radius 2 is 1.74 bits per heavy atom. The number of benzene rings is 2. The zero-order valence-electron chi connectivity index (χ0n) is 19.2. The number of alkyl halides is 3. The molecule has 0 amide bonds. The van der Waals surface area contributed by atoms with Gasteiger partial charge in [0.2, 0.25) is 0 Å². The van der Waals surface area contributed by atoms with Gasteiger partial charge < -0.3 is 10.3 Å². The molecule has 12 heteroatoms. The second-order valence-corrected chi connectivity index (χ2v) is 9.42. The van der Waals surface area contributed by atoms with Crippen LogP contribution in [-0.4, -0.2) is 24.6 Å². The lowest BCUT2D eigenvalue weighted by atomic mass is 9.76. The van der Waals surface area contributed by atoms with Gasteiger partial charge in [-0.1, -0.05) is 29.3 Å². The standard InChI is InChI=1S/C26H17F5N4O2S/c27-20-5-4-15(16-8-14(11-33-12-16)13-38(36)37)9-19(20)25(17-6-7-34-22(10-17)26(29,30)31)18-2-1-3-21(28)23(18)24(32)35-25/h1-12H,13H2,(H2,32,35)(H,36,37)/p-1. The van der Waals surface area contributed by atoms with Crippen LogP contribution in [0.2, 0.25) is 0 Å². The fourth-order valence-corrected chi connectivity index (χ4v) is 5.05. The van der Waals surface area contributed by atoms with Gasteiger partial charge >= 0.3 is 6.18 Å². The van der Waals surface area contributed by atoms with Gasteiger partial charge in [-0.3, -0.25) is 14.2 Å². The Balaban J connectivity index is 1.80. The zero-order valence-corrected chi connectivity index (χ0v) is 20.0. The number of nitrogens with zero attached hydrogens (tertiary/aromatic N) is 3. The lowest BCUT2D eigenvalue weighted by molar-refractivity contribution is -0.141. The van der Waals surface area contributed by atoms with E-state index in [4.69, 9.17) is 5.73 Å². The highest BCUT2D eigenvalue weighted by Crippen LogP contribution is 2.48. The van der Waals surface area contributed by atoms with E-state index in [1.807, 2.05) is 0 Å². The zero-order chi connectivity index (χ0) is 27.2. The maximum absolute atomic E-state index is 15.6. The predicted octanol–water partition coefficient (Wildman–Crippen LogP) is 4.83. The SMILES string of the molecule is NC1=NC(c2ccnc(C(F)(F)F)c2)(c2cc(-c3cncc(CS(=O)[O-])c3)ccc2F)c2cccc(F)c21. The number of aromatic nitrogens is 2. The molecule has 0 fully saturated rings. The van der Waals surface area contributed by atoms with Crippen molar-refractivity contribution in [3.8, 4) is 11.1 Å². The first-order valence-corrected chi connectivity index (χ1v) is 12.2. The van der Waals surface area contributed by atoms with Gasteiger partial charge in [-0.15, -0.1) is 0 Å². The van der Waals surface area contributed by atoms with Crippen molar-refractivity contribution in [3.63, 3.8) is 0 Å². The highest BCUT2D eigenvalue weighted by atomic mass is 32.2. The van der Waals surface area contributed by atoms with Crippen molar-refractivity contribution in [3.05, 3.63) is 118 Å². The molecule has 1 aliphatic rings. The third-order valence-corrected chi connectivity index (χ3v) is 6.75. The van der Waals surface area contributed by atoms with E-state index < -0.39 is 40.1 Å². The molecule has 194 valence electrons. The Hall–Kier alpha value is -4.03. The van der Waals surface area contributed by atoms with Gasteiger partial charge in [-0.2, -0.15) is 13.2 Å². The summed E-state index contributed by atoms with van der Waals surface area (Å²) in [5, 5.41) is 0. The first-order valence-electron chi connectivity index (χ1n) is 11.0. The Kier molecular flexibility index (Phi) is 6.32. The Morgan fingerprint density at radius 1 is 0.947 bits per heavy atom. The van der Waals surface area contributed by atoms with Crippen molar-refractivity contribution < 1.29 is 30.7 Å². The van der Waals surface area contributed by atoms with Crippen LogP contribution in [0.25, 0.3) is 11.1 Å². The molecule has 4 aromatic rings. The molecule has 0 aliphatic carbocycles. The highest BCUT2D eigenvalue weighted by molar-refractivity contribution is 7.78. The van der Waals surface area contributed by atoms with Gasteiger partial charge in [0.05, 0.1) is 5.56 Å². The van der Waals surface area contributed by atoms with Gasteiger partial charge in [0, 0.05) is 41.0 Å². The van der Waals surface area contributed by atoms with Gasteiger partial charge in [0.1, 0.15) is 28.7 Å². The maximum atomic E-state index is 15.6. The smallest absolute Gasteiger partial charge is 0.433 e. The average molecular weight is 543 g/mol. The minimum atomic E-state index is -4.82. The number of halogens is 5. The van der Waals surface area contributed by atoms with Crippen molar-refractivity contribution in [1.29, 1.82) is 0 Å². The lowest BCUT2D eigenvalue weighted by Crippen LogP contribution is -2.28. The van der Waals surface area contributed by atoms with Crippen LogP contribution in [-0.2, 0) is 28.5 Å². The topological polar surface area (TPSA) is 104 Å². The van der Waals surface area contributed by atoms with E-state index in [0.29, 0.717) is 16.7 Å². The molecule has 38 heavy (non-hydrogen) atoms. The molecule has 2 atom stereocenters. The summed E-state index contributed by atoms with van der Waals surface area (Å²) in [5.74, 6) is -2.22. The number of nitrogens with two attached hydrogens (primary N) is 1. The number of fused-ring (bicyclic) bond motifs is 1. The molecular formula is C26H16F5N4O2S-. The summed E-state index contributed by atoms with van der Waals surface area (Å²) < 4.78 is 93.6. The molecule has 5 rings (SSSR count). The van der Waals surface area contributed by atoms with E-state index in [2.05, 4.69) is 15.0 Å². The van der Waals surface area contributed by atoms with Crippen molar-refractivity contribution in [2.24, 2.45) is 10.7 Å². The van der Waals surface area contributed by atoms with E-state index in [9.17, 15) is 26.3 Å². The summed E-state index contributed by atoms with van der Waals surface area (Å²) in [6, 6.07) is 11.3. The Labute approximate surface area is 215 Å². The summed E-state index contributed by atoms with van der Waals surface area (Å²) in [4.78, 5) is 11.8. The number of aliphatic imine (C=N–C) groups is 1. The van der Waals surface area contributed by atoms with Crippen molar-refractivity contribution in [2.45, 2.75) is 17.5 Å². The second-order valence-electron chi connectivity index (χ2n) is 8.52. The van der Waals surface area contributed by atoms with Gasteiger partial charge in [-0.25, -0.2) is 13.8 Å². The fourth-order valence-electron chi connectivity index (χ4n) is 4.62. The van der Waals surface area contributed by atoms with Crippen LogP contribution in [0.3, 0.4) is 0 Å². The van der Waals surface area contributed by atoms with Crippen LogP contribution in [0.4, 0.5) is 22.0 Å². The van der Waals surface area contributed by atoms with Crippen molar-refractivity contribution >= 4 is 16.9 Å². The molecule has 2 unspecified atom stereocenters. The molecule has 6 nitrogen and oxygen atoms in total. The first-order chi connectivity index (χ1) is 18.0. The van der Waals surface area contributed by atoms with Crippen LogP contribution in [0, 0.1) is 11.6 Å². The quantitative estimate of drug-likeness (QED) is 0.287. The van der Waals surface area contributed by atoms with E-state index in [0.717, 1.165) is 24.4 Å². The summed E-state index contributed by atoms with van der Waals surface area (Å²) in [5.41, 5.74) is 3.59. The molecule has 2 N–H and O–H groups in total. The number of hydrogen-bond donors (Lipinski definition) is 1. The summed E-state index contributed by atoms with van der Waals surface area (Å²) in [7, 11) is 0. The molecule has 2 aromatic heterocycles. The number of pyridine rings is 2. The Bertz CT molecular complexity index is 1630. The molecule has 0 bridgehead atoms. The van der Waals surface area contributed by atoms with E-state index >= 15 is 4.39 Å². The van der Waals surface area contributed by atoms with Crippen molar-refractivity contribution in [1.82, 2.24) is 9.97 Å². The van der Waals surface area contributed by atoms with Crippen LogP contribution in [0.5, 0.6) is 0 Å². The molecule has 3 heterocycles. The third kappa shape index (κ3) is 4.35. The van der Waals surface area contributed by atoms with E-state index in [1.165, 1.54) is 42.7 Å². The number of hydrogen-bond acceptors (Lipinski definition) is 6. The monoisotopic (exact) mass is 543 g/mol. The summed E-state index contributed by atoms with van der Waals surface area (Å²) in [6.45, 7) is 0. The third-order valence-electron chi connectivity index (χ3n) is 6.18. The fraction of sp³-hybridized carbons (Fsp3) is 0.115. The van der Waals surface area contributed by atoms with Crippen LogP contribution in [0.15, 0.2) is 78.2 Å².